The topological polar surface area (TPSA) is 68.3 Å². The number of aliphatic hydroxyl groups is 1. The molecule has 1 saturated heterocycles. The molecule has 4 rings (SSSR count). The number of rotatable bonds is 5. The molecule has 2 fully saturated rings. The Kier molecular flexibility index (Phi) is 3.95. The maximum absolute atomic E-state index is 9.45. The SMILES string of the molecule is Cc1nc(N2CCN(CC3CC3)C(CCO)C2)c2[nH]ccc2n1. The molecule has 2 aromatic heterocycles. The van der Waals surface area contributed by atoms with Crippen molar-refractivity contribution in [3.05, 3.63) is 18.1 Å². The van der Waals surface area contributed by atoms with E-state index in [9.17, 15) is 5.11 Å². The number of nitrogens with one attached hydrogen (secondary N) is 1. The zero-order chi connectivity index (χ0) is 15.8. The molecular formula is C17H25N5O. The average molecular weight is 315 g/mol. The Labute approximate surface area is 136 Å². The third kappa shape index (κ3) is 3.05. The predicted molar refractivity (Wildman–Crippen MR) is 90.6 cm³/mol. The van der Waals surface area contributed by atoms with E-state index in [1.54, 1.807) is 0 Å². The van der Waals surface area contributed by atoms with Gasteiger partial charge in [-0.2, -0.15) is 0 Å². The lowest BCUT2D eigenvalue weighted by atomic mass is 10.1. The van der Waals surface area contributed by atoms with E-state index in [-0.39, 0.29) is 6.61 Å². The van der Waals surface area contributed by atoms with Crippen molar-refractivity contribution in [1.82, 2.24) is 19.9 Å². The van der Waals surface area contributed by atoms with Gasteiger partial charge in [-0.3, -0.25) is 4.90 Å². The quantitative estimate of drug-likeness (QED) is 0.876. The van der Waals surface area contributed by atoms with Crippen molar-refractivity contribution in [2.24, 2.45) is 5.92 Å². The van der Waals surface area contributed by atoms with Crippen LogP contribution < -0.4 is 4.90 Å². The van der Waals surface area contributed by atoms with Crippen molar-refractivity contribution in [2.75, 3.05) is 37.7 Å². The number of aromatic amines is 1. The fourth-order valence-electron chi connectivity index (χ4n) is 3.65. The molecule has 1 atom stereocenters. The van der Waals surface area contributed by atoms with Crippen LogP contribution in [0.1, 0.15) is 25.1 Å². The predicted octanol–water partition coefficient (Wildman–Crippen LogP) is 1.55. The van der Waals surface area contributed by atoms with Gasteiger partial charge in [0.1, 0.15) is 11.3 Å². The molecule has 3 heterocycles. The van der Waals surface area contributed by atoms with Gasteiger partial charge in [-0.05, 0) is 38.2 Å². The Morgan fingerprint density at radius 3 is 2.96 bits per heavy atom. The molecule has 2 aromatic rings. The van der Waals surface area contributed by atoms with E-state index in [2.05, 4.69) is 19.8 Å². The highest BCUT2D eigenvalue weighted by molar-refractivity contribution is 5.86. The molecular weight excluding hydrogens is 290 g/mol. The number of aromatic nitrogens is 3. The minimum atomic E-state index is 0.250. The van der Waals surface area contributed by atoms with Crippen LogP contribution >= 0.6 is 0 Å². The van der Waals surface area contributed by atoms with Crippen LogP contribution in [0.25, 0.3) is 11.0 Å². The average Bonchev–Trinajstić information content (AvgIpc) is 3.23. The smallest absolute Gasteiger partial charge is 0.156 e. The maximum Gasteiger partial charge on any atom is 0.156 e. The first-order chi connectivity index (χ1) is 11.2. The van der Waals surface area contributed by atoms with Crippen molar-refractivity contribution in [3.8, 4) is 0 Å². The number of fused-ring (bicyclic) bond motifs is 1. The van der Waals surface area contributed by atoms with Gasteiger partial charge in [0.2, 0.25) is 0 Å². The number of anilines is 1. The second-order valence-corrected chi connectivity index (χ2v) is 6.88. The molecule has 124 valence electrons. The lowest BCUT2D eigenvalue weighted by Gasteiger charge is -2.42. The van der Waals surface area contributed by atoms with Crippen molar-refractivity contribution < 1.29 is 5.11 Å². The van der Waals surface area contributed by atoms with Crippen LogP contribution in [-0.4, -0.2) is 63.8 Å². The summed E-state index contributed by atoms with van der Waals surface area (Å²) in [4.78, 5) is 17.4. The third-order valence-electron chi connectivity index (χ3n) is 5.05. The summed E-state index contributed by atoms with van der Waals surface area (Å²) in [6.07, 6.45) is 5.51. The van der Waals surface area contributed by atoms with E-state index >= 15 is 0 Å². The molecule has 0 radical (unpaired) electrons. The van der Waals surface area contributed by atoms with E-state index < -0.39 is 0 Å². The monoisotopic (exact) mass is 315 g/mol. The fourth-order valence-corrected chi connectivity index (χ4v) is 3.65. The number of H-pyrrole nitrogens is 1. The summed E-state index contributed by atoms with van der Waals surface area (Å²) < 4.78 is 0. The molecule has 23 heavy (non-hydrogen) atoms. The molecule has 0 bridgehead atoms. The van der Waals surface area contributed by atoms with Crippen molar-refractivity contribution in [2.45, 2.75) is 32.2 Å². The summed E-state index contributed by atoms with van der Waals surface area (Å²) in [6, 6.07) is 2.41. The van der Waals surface area contributed by atoms with Crippen LogP contribution in [0.5, 0.6) is 0 Å². The molecule has 1 saturated carbocycles. The van der Waals surface area contributed by atoms with Crippen LogP contribution in [0.3, 0.4) is 0 Å². The van der Waals surface area contributed by atoms with Gasteiger partial charge in [0.15, 0.2) is 5.82 Å². The number of aliphatic hydroxyl groups excluding tert-OH is 1. The number of aryl methyl sites for hydroxylation is 1. The third-order valence-corrected chi connectivity index (χ3v) is 5.05. The molecule has 6 heteroatoms. The van der Waals surface area contributed by atoms with Gasteiger partial charge >= 0.3 is 0 Å². The Morgan fingerprint density at radius 1 is 1.30 bits per heavy atom. The summed E-state index contributed by atoms with van der Waals surface area (Å²) in [6.45, 7) is 6.35. The highest BCUT2D eigenvalue weighted by atomic mass is 16.3. The van der Waals surface area contributed by atoms with Gasteiger partial charge in [-0.25, -0.2) is 9.97 Å². The van der Waals surface area contributed by atoms with E-state index in [1.165, 1.54) is 19.4 Å². The van der Waals surface area contributed by atoms with Crippen molar-refractivity contribution in [3.63, 3.8) is 0 Å². The first kappa shape index (κ1) is 14.9. The van der Waals surface area contributed by atoms with Crippen LogP contribution in [0, 0.1) is 12.8 Å². The Balaban J connectivity index is 1.57. The maximum atomic E-state index is 9.45. The van der Waals surface area contributed by atoms with E-state index in [0.717, 1.165) is 54.6 Å². The van der Waals surface area contributed by atoms with Crippen LogP contribution in [0.15, 0.2) is 12.3 Å². The summed E-state index contributed by atoms with van der Waals surface area (Å²) >= 11 is 0. The number of piperazine rings is 1. The summed E-state index contributed by atoms with van der Waals surface area (Å²) in [5, 5.41) is 9.45. The lowest BCUT2D eigenvalue weighted by molar-refractivity contribution is 0.137. The highest BCUT2D eigenvalue weighted by Gasteiger charge is 2.32. The van der Waals surface area contributed by atoms with Gasteiger partial charge < -0.3 is 15.0 Å². The second kappa shape index (κ2) is 6.09. The number of hydrogen-bond acceptors (Lipinski definition) is 5. The van der Waals surface area contributed by atoms with E-state index in [1.807, 2.05) is 19.2 Å². The standard InChI is InChI=1S/C17H25N5O/c1-12-19-15-4-6-18-16(15)17(20-12)22-8-7-21(10-13-2-3-13)14(11-22)5-9-23/h4,6,13-14,18,23H,2-3,5,7-11H2,1H3. The molecule has 2 N–H and O–H groups in total. The van der Waals surface area contributed by atoms with Gasteiger partial charge in [0.05, 0.1) is 5.52 Å². The molecule has 0 aromatic carbocycles. The molecule has 6 nitrogen and oxygen atoms in total. The van der Waals surface area contributed by atoms with Gasteiger partial charge in [0, 0.05) is 45.0 Å². The Morgan fingerprint density at radius 2 is 2.17 bits per heavy atom. The molecule has 2 aliphatic rings. The van der Waals surface area contributed by atoms with Crippen LogP contribution in [0.4, 0.5) is 5.82 Å². The summed E-state index contributed by atoms with van der Waals surface area (Å²) in [5.41, 5.74) is 2.00. The normalized spacial score (nSPS) is 22.9. The molecule has 1 unspecified atom stereocenters. The number of nitrogens with zero attached hydrogens (tertiary/aromatic N) is 4. The lowest BCUT2D eigenvalue weighted by Crippen LogP contribution is -2.54. The minimum absolute atomic E-state index is 0.250. The van der Waals surface area contributed by atoms with E-state index in [4.69, 9.17) is 4.98 Å². The summed E-state index contributed by atoms with van der Waals surface area (Å²) in [5.74, 6) is 2.71. The van der Waals surface area contributed by atoms with Gasteiger partial charge in [-0.15, -0.1) is 0 Å². The van der Waals surface area contributed by atoms with Gasteiger partial charge in [0.25, 0.3) is 0 Å². The molecule has 0 spiro atoms. The van der Waals surface area contributed by atoms with Crippen molar-refractivity contribution in [1.29, 1.82) is 0 Å². The first-order valence-corrected chi connectivity index (χ1v) is 8.66. The molecule has 1 aliphatic heterocycles. The second-order valence-electron chi connectivity index (χ2n) is 6.88. The highest BCUT2D eigenvalue weighted by Crippen LogP contribution is 2.32. The molecule has 0 amide bonds. The summed E-state index contributed by atoms with van der Waals surface area (Å²) in [7, 11) is 0. The van der Waals surface area contributed by atoms with Crippen LogP contribution in [0.2, 0.25) is 0 Å². The zero-order valence-corrected chi connectivity index (χ0v) is 13.7. The van der Waals surface area contributed by atoms with Gasteiger partial charge in [-0.1, -0.05) is 0 Å². The number of hydrogen-bond donors (Lipinski definition) is 2. The Bertz CT molecular complexity index is 681. The molecule has 1 aliphatic carbocycles. The first-order valence-electron chi connectivity index (χ1n) is 8.66. The Hall–Kier alpha value is -1.66. The van der Waals surface area contributed by atoms with Crippen LogP contribution in [-0.2, 0) is 0 Å². The largest absolute Gasteiger partial charge is 0.396 e. The van der Waals surface area contributed by atoms with E-state index in [0.29, 0.717) is 6.04 Å². The fraction of sp³-hybridized carbons (Fsp3) is 0.647. The zero-order valence-electron chi connectivity index (χ0n) is 13.7. The minimum Gasteiger partial charge on any atom is -0.396 e. The van der Waals surface area contributed by atoms with Crippen molar-refractivity contribution >= 4 is 16.9 Å².